The summed E-state index contributed by atoms with van der Waals surface area (Å²) in [6.07, 6.45) is 5.54. The van der Waals surface area contributed by atoms with Gasteiger partial charge in [-0.05, 0) is 52.9 Å². The molecule has 3 aromatic carbocycles. The molecule has 7 nitrogen and oxygen atoms in total. The fourth-order valence-corrected chi connectivity index (χ4v) is 5.92. The summed E-state index contributed by atoms with van der Waals surface area (Å²) in [5, 5.41) is 5.07. The van der Waals surface area contributed by atoms with Gasteiger partial charge in [0, 0.05) is 11.6 Å². The van der Waals surface area contributed by atoms with Crippen LogP contribution < -0.4 is 32.6 Å². The number of nitrogens with two attached hydrogens (primary N) is 2. The van der Waals surface area contributed by atoms with E-state index in [9.17, 15) is 0 Å². The Balaban J connectivity index is 1.49. The number of fused-ring (bicyclic) bond motifs is 4. The molecule has 7 heteroatoms. The minimum Gasteiger partial charge on any atom is -0.396 e. The van der Waals surface area contributed by atoms with Crippen LogP contribution in [0.15, 0.2) is 101 Å². The molecule has 4 N–H and O–H groups in total. The van der Waals surface area contributed by atoms with Crippen LogP contribution in [0.5, 0.6) is 0 Å². The molecule has 8 rings (SSSR count). The molecule has 3 aromatic heterocycles. The first-order valence-electron chi connectivity index (χ1n) is 12.6. The van der Waals surface area contributed by atoms with Gasteiger partial charge in [-0.25, -0.2) is 0 Å². The number of hydrogen-bond donors (Lipinski definition) is 2. The van der Waals surface area contributed by atoms with Crippen LogP contribution >= 0.6 is 0 Å². The van der Waals surface area contributed by atoms with Crippen molar-refractivity contribution in [1.82, 2.24) is 14.1 Å². The van der Waals surface area contributed by atoms with Gasteiger partial charge >= 0.3 is 0 Å². The molecule has 2 aliphatic heterocycles. The Bertz CT molecular complexity index is 1960. The Kier molecular flexibility index (Phi) is 4.23. The molecule has 0 amide bonds. The highest BCUT2D eigenvalue weighted by molar-refractivity contribution is 6.07. The van der Waals surface area contributed by atoms with E-state index in [0.717, 1.165) is 54.5 Å². The van der Waals surface area contributed by atoms with Crippen LogP contribution in [0.4, 0.5) is 11.4 Å². The second-order valence-electron chi connectivity index (χ2n) is 9.69. The molecule has 182 valence electrons. The highest BCUT2D eigenvalue weighted by atomic mass is 15.2. The first-order chi connectivity index (χ1) is 18.7. The second kappa shape index (κ2) is 7.66. The van der Waals surface area contributed by atoms with Crippen LogP contribution in [0.25, 0.3) is 45.5 Å². The molecule has 0 bridgehead atoms. The van der Waals surface area contributed by atoms with Crippen molar-refractivity contribution in [3.8, 4) is 11.4 Å². The number of para-hydroxylation sites is 3. The molecule has 0 spiro atoms. The average Bonchev–Trinajstić information content (AvgIpc) is 3.70. The summed E-state index contributed by atoms with van der Waals surface area (Å²) in [5.74, 6) is 0. The molecule has 2 atom stereocenters. The fourth-order valence-electron chi connectivity index (χ4n) is 5.92. The molecule has 6 aromatic rings. The van der Waals surface area contributed by atoms with Crippen molar-refractivity contribution in [2.24, 2.45) is 9.98 Å². The number of nitrogens with zero attached hydrogens (tertiary/aromatic N) is 5. The highest BCUT2D eigenvalue weighted by Crippen LogP contribution is 2.45. The van der Waals surface area contributed by atoms with E-state index in [1.165, 1.54) is 0 Å². The molecular formula is C31H23N7. The predicted molar refractivity (Wildman–Crippen MR) is 151 cm³/mol. The van der Waals surface area contributed by atoms with Crippen molar-refractivity contribution in [3.05, 3.63) is 112 Å². The van der Waals surface area contributed by atoms with Crippen LogP contribution in [-0.2, 0) is 0 Å². The summed E-state index contributed by atoms with van der Waals surface area (Å²) in [6.45, 7) is 0. The first kappa shape index (κ1) is 21.0. The van der Waals surface area contributed by atoms with Gasteiger partial charge in [-0.15, -0.1) is 0 Å². The summed E-state index contributed by atoms with van der Waals surface area (Å²) in [4.78, 5) is 14.8. The zero-order chi connectivity index (χ0) is 25.4. The largest absolute Gasteiger partial charge is 0.396 e. The van der Waals surface area contributed by atoms with Gasteiger partial charge in [0.25, 0.3) is 0 Å². The smallest absolute Gasteiger partial charge is 0.146 e. The average molecular weight is 494 g/mol. The standard InChI is InChI=1S/C31H23N7/c32-27-20-10-3-6-13-23(20)37(25-16-18-8-1-4-11-21(18)35-25)30(27)31-28(33)29-24(14-7-15-34-29)38(31)26-17-19-9-2-5-12-22(19)36-26/h1-17,25-26H,32-33H2. The summed E-state index contributed by atoms with van der Waals surface area (Å²) in [7, 11) is 0. The molecule has 0 saturated carbocycles. The monoisotopic (exact) mass is 493 g/mol. The lowest BCUT2D eigenvalue weighted by Crippen LogP contribution is -2.19. The van der Waals surface area contributed by atoms with Gasteiger partial charge in [-0.2, -0.15) is 0 Å². The van der Waals surface area contributed by atoms with E-state index in [1.54, 1.807) is 6.20 Å². The number of pyridine rings is 1. The summed E-state index contributed by atoms with van der Waals surface area (Å²) in [5.41, 5.74) is 19.4. The number of rotatable bonds is 3. The maximum Gasteiger partial charge on any atom is 0.146 e. The van der Waals surface area contributed by atoms with Crippen molar-refractivity contribution >= 4 is 45.5 Å². The summed E-state index contributed by atoms with van der Waals surface area (Å²) in [6, 6.07) is 28.5. The summed E-state index contributed by atoms with van der Waals surface area (Å²) >= 11 is 0. The molecule has 2 aliphatic rings. The minimum atomic E-state index is -0.293. The molecule has 0 fully saturated rings. The van der Waals surface area contributed by atoms with E-state index in [0.29, 0.717) is 11.4 Å². The Morgan fingerprint density at radius 2 is 1.13 bits per heavy atom. The molecular weight excluding hydrogens is 470 g/mol. The van der Waals surface area contributed by atoms with E-state index in [1.807, 2.05) is 60.7 Å². The number of nitrogen functional groups attached to an aromatic ring is 2. The lowest BCUT2D eigenvalue weighted by Gasteiger charge is -2.19. The molecule has 0 radical (unpaired) electrons. The van der Waals surface area contributed by atoms with E-state index < -0.39 is 0 Å². The first-order valence-corrected chi connectivity index (χ1v) is 12.6. The highest BCUT2D eigenvalue weighted by Gasteiger charge is 2.30. The van der Waals surface area contributed by atoms with Crippen molar-refractivity contribution in [1.29, 1.82) is 0 Å². The molecule has 0 aliphatic carbocycles. The van der Waals surface area contributed by atoms with Gasteiger partial charge in [0.15, 0.2) is 0 Å². The van der Waals surface area contributed by atoms with Gasteiger partial charge in [0.1, 0.15) is 17.8 Å². The number of benzene rings is 3. The molecule has 2 unspecified atom stereocenters. The van der Waals surface area contributed by atoms with Crippen LogP contribution in [0, 0.1) is 0 Å². The van der Waals surface area contributed by atoms with E-state index in [4.69, 9.17) is 21.5 Å². The Morgan fingerprint density at radius 1 is 0.579 bits per heavy atom. The van der Waals surface area contributed by atoms with Crippen molar-refractivity contribution < 1.29 is 0 Å². The van der Waals surface area contributed by atoms with Crippen molar-refractivity contribution in [3.63, 3.8) is 0 Å². The van der Waals surface area contributed by atoms with Gasteiger partial charge in [0.2, 0.25) is 0 Å². The van der Waals surface area contributed by atoms with Gasteiger partial charge in [-0.1, -0.05) is 54.6 Å². The minimum absolute atomic E-state index is 0.273. The maximum absolute atomic E-state index is 6.98. The molecule has 38 heavy (non-hydrogen) atoms. The third kappa shape index (κ3) is 2.81. The van der Waals surface area contributed by atoms with Crippen LogP contribution in [0.2, 0.25) is 0 Å². The normalized spacial score (nSPS) is 17.5. The van der Waals surface area contributed by atoms with Crippen LogP contribution in [-0.4, -0.2) is 14.1 Å². The van der Waals surface area contributed by atoms with E-state index in [-0.39, 0.29) is 12.3 Å². The number of hydrogen-bond acceptors (Lipinski definition) is 5. The van der Waals surface area contributed by atoms with Gasteiger partial charge in [0.05, 0.1) is 44.5 Å². The zero-order valence-corrected chi connectivity index (χ0v) is 20.4. The molecule has 5 heterocycles. The fraction of sp³-hybridized carbons (Fsp3) is 0.0645. The summed E-state index contributed by atoms with van der Waals surface area (Å²) < 4.78 is 4.37. The Morgan fingerprint density at radius 3 is 1.82 bits per heavy atom. The zero-order valence-electron chi connectivity index (χ0n) is 20.4. The van der Waals surface area contributed by atoms with Crippen molar-refractivity contribution in [2.45, 2.75) is 12.3 Å². The predicted octanol–water partition coefficient (Wildman–Crippen LogP) is 3.05. The third-order valence-corrected chi connectivity index (χ3v) is 7.57. The van der Waals surface area contributed by atoms with E-state index >= 15 is 0 Å². The topological polar surface area (TPSA) is 99.5 Å². The van der Waals surface area contributed by atoms with Gasteiger partial charge in [-0.3, -0.25) is 15.0 Å². The number of aromatic nitrogens is 3. The lowest BCUT2D eigenvalue weighted by molar-refractivity contribution is 0.665. The number of anilines is 2. The third-order valence-electron chi connectivity index (χ3n) is 7.57. The lowest BCUT2D eigenvalue weighted by atomic mass is 10.2. The van der Waals surface area contributed by atoms with Crippen LogP contribution in [0.1, 0.15) is 12.3 Å². The van der Waals surface area contributed by atoms with Crippen molar-refractivity contribution in [2.75, 3.05) is 11.5 Å². The Labute approximate surface area is 217 Å². The van der Waals surface area contributed by atoms with Crippen LogP contribution in [0.3, 0.4) is 0 Å². The van der Waals surface area contributed by atoms with Gasteiger partial charge < -0.3 is 20.6 Å². The SMILES string of the molecule is Nc1c(-c2c(N)c3ncccc3n2C2C=c3ccccc3=N2)n(C2C=c3ccccc3=N2)c2ccccc12. The quantitative estimate of drug-likeness (QED) is 0.396. The Hall–Kier alpha value is -5.17. The van der Waals surface area contributed by atoms with E-state index in [2.05, 4.69) is 50.5 Å². The second-order valence-corrected chi connectivity index (χ2v) is 9.69. The molecule has 0 saturated heterocycles. The maximum atomic E-state index is 6.98.